The standard InChI is InChI=1S/C14H18FNOS/c1-2-5-14(6-7-14)9-16-13(17)11-8-10(18)3-4-12(11)15/h3-4,8,18H,2,5-7,9H2,1H3,(H,16,17). The van der Waals surface area contributed by atoms with Crippen LogP contribution >= 0.6 is 12.6 Å². The third-order valence-electron chi connectivity index (χ3n) is 3.56. The quantitative estimate of drug-likeness (QED) is 0.786. The van der Waals surface area contributed by atoms with Crippen molar-refractivity contribution in [3.63, 3.8) is 0 Å². The van der Waals surface area contributed by atoms with Crippen LogP contribution in [0, 0.1) is 11.2 Å². The Kier molecular flexibility index (Phi) is 3.95. The minimum absolute atomic E-state index is 0.0785. The number of rotatable bonds is 5. The summed E-state index contributed by atoms with van der Waals surface area (Å²) >= 11 is 4.12. The van der Waals surface area contributed by atoms with E-state index in [9.17, 15) is 9.18 Å². The van der Waals surface area contributed by atoms with Crippen LogP contribution < -0.4 is 5.32 Å². The molecule has 1 saturated carbocycles. The second kappa shape index (κ2) is 5.31. The predicted molar refractivity (Wildman–Crippen MR) is 72.6 cm³/mol. The summed E-state index contributed by atoms with van der Waals surface area (Å²) in [4.78, 5) is 12.5. The number of thiol groups is 1. The van der Waals surface area contributed by atoms with E-state index in [1.165, 1.54) is 18.2 Å². The van der Waals surface area contributed by atoms with Gasteiger partial charge in [0.05, 0.1) is 5.56 Å². The molecule has 1 N–H and O–H groups in total. The Hall–Kier alpha value is -1.03. The summed E-state index contributed by atoms with van der Waals surface area (Å²) in [6, 6.07) is 4.28. The Labute approximate surface area is 112 Å². The summed E-state index contributed by atoms with van der Waals surface area (Å²) in [7, 11) is 0. The number of carbonyl (C=O) groups excluding carboxylic acids is 1. The topological polar surface area (TPSA) is 29.1 Å². The van der Waals surface area contributed by atoms with E-state index in [1.54, 1.807) is 0 Å². The van der Waals surface area contributed by atoms with Gasteiger partial charge in [0.25, 0.3) is 5.91 Å². The highest BCUT2D eigenvalue weighted by atomic mass is 32.1. The van der Waals surface area contributed by atoms with Gasteiger partial charge >= 0.3 is 0 Å². The van der Waals surface area contributed by atoms with E-state index in [2.05, 4.69) is 24.9 Å². The van der Waals surface area contributed by atoms with Crippen LogP contribution in [0.4, 0.5) is 4.39 Å². The molecule has 0 radical (unpaired) electrons. The molecule has 1 aliphatic carbocycles. The maximum absolute atomic E-state index is 13.5. The lowest BCUT2D eigenvalue weighted by Gasteiger charge is -2.15. The maximum Gasteiger partial charge on any atom is 0.254 e. The molecule has 0 unspecified atom stereocenters. The zero-order valence-electron chi connectivity index (χ0n) is 10.5. The van der Waals surface area contributed by atoms with Crippen molar-refractivity contribution in [2.24, 2.45) is 5.41 Å². The van der Waals surface area contributed by atoms with Crippen molar-refractivity contribution in [1.29, 1.82) is 0 Å². The number of benzene rings is 1. The summed E-state index contributed by atoms with van der Waals surface area (Å²) in [6.45, 7) is 2.79. The van der Waals surface area contributed by atoms with Crippen molar-refractivity contribution in [2.45, 2.75) is 37.5 Å². The minimum atomic E-state index is -0.495. The first-order valence-electron chi connectivity index (χ1n) is 6.33. The molecule has 0 atom stereocenters. The van der Waals surface area contributed by atoms with Crippen LogP contribution in [0.3, 0.4) is 0 Å². The van der Waals surface area contributed by atoms with Crippen LogP contribution in [0.25, 0.3) is 0 Å². The molecule has 0 heterocycles. The monoisotopic (exact) mass is 267 g/mol. The molecule has 18 heavy (non-hydrogen) atoms. The summed E-state index contributed by atoms with van der Waals surface area (Å²) in [6.07, 6.45) is 4.57. The van der Waals surface area contributed by atoms with E-state index < -0.39 is 5.82 Å². The molecular formula is C14H18FNOS. The Balaban J connectivity index is 1.98. The Morgan fingerprint density at radius 3 is 2.83 bits per heavy atom. The fraction of sp³-hybridized carbons (Fsp3) is 0.500. The molecule has 1 aromatic rings. The summed E-state index contributed by atoms with van der Waals surface area (Å²) < 4.78 is 13.5. The maximum atomic E-state index is 13.5. The summed E-state index contributed by atoms with van der Waals surface area (Å²) in [5, 5.41) is 2.84. The van der Waals surface area contributed by atoms with Gasteiger partial charge in [0.2, 0.25) is 0 Å². The normalized spacial score (nSPS) is 16.4. The lowest BCUT2D eigenvalue weighted by Crippen LogP contribution is -2.30. The first-order chi connectivity index (χ1) is 8.56. The molecule has 0 spiro atoms. The number of hydrogen-bond acceptors (Lipinski definition) is 2. The second-order valence-electron chi connectivity index (χ2n) is 5.10. The second-order valence-corrected chi connectivity index (χ2v) is 5.61. The fourth-order valence-corrected chi connectivity index (χ4v) is 2.48. The molecule has 2 rings (SSSR count). The van der Waals surface area contributed by atoms with E-state index in [4.69, 9.17) is 0 Å². The van der Waals surface area contributed by atoms with E-state index in [0.717, 1.165) is 25.7 Å². The fourth-order valence-electron chi connectivity index (χ4n) is 2.27. The molecule has 0 saturated heterocycles. The Morgan fingerprint density at radius 2 is 2.22 bits per heavy atom. The van der Waals surface area contributed by atoms with Gasteiger partial charge in [0, 0.05) is 11.4 Å². The van der Waals surface area contributed by atoms with Crippen molar-refractivity contribution in [2.75, 3.05) is 6.54 Å². The third kappa shape index (κ3) is 3.05. The van der Waals surface area contributed by atoms with Crippen LogP contribution in [-0.4, -0.2) is 12.5 Å². The van der Waals surface area contributed by atoms with Gasteiger partial charge in [-0.3, -0.25) is 4.79 Å². The first kappa shape index (κ1) is 13.4. The average molecular weight is 267 g/mol. The van der Waals surface area contributed by atoms with E-state index in [1.807, 2.05) is 0 Å². The number of carbonyl (C=O) groups is 1. The summed E-state index contributed by atoms with van der Waals surface area (Å²) in [5.41, 5.74) is 0.356. The lowest BCUT2D eigenvalue weighted by atomic mass is 10.0. The van der Waals surface area contributed by atoms with Gasteiger partial charge < -0.3 is 5.32 Å². The van der Waals surface area contributed by atoms with Crippen LogP contribution in [0.15, 0.2) is 23.1 Å². The highest BCUT2D eigenvalue weighted by molar-refractivity contribution is 7.80. The van der Waals surface area contributed by atoms with Gasteiger partial charge in [0.1, 0.15) is 5.82 Å². The zero-order valence-corrected chi connectivity index (χ0v) is 11.4. The van der Waals surface area contributed by atoms with Crippen molar-refractivity contribution < 1.29 is 9.18 Å². The van der Waals surface area contributed by atoms with Gasteiger partial charge in [-0.25, -0.2) is 4.39 Å². The van der Waals surface area contributed by atoms with Crippen molar-refractivity contribution in [3.8, 4) is 0 Å². The van der Waals surface area contributed by atoms with E-state index in [-0.39, 0.29) is 16.9 Å². The van der Waals surface area contributed by atoms with Gasteiger partial charge in [-0.05, 0) is 42.9 Å². The van der Waals surface area contributed by atoms with Crippen molar-refractivity contribution in [3.05, 3.63) is 29.6 Å². The number of halogens is 1. The van der Waals surface area contributed by atoms with Crippen molar-refractivity contribution in [1.82, 2.24) is 5.32 Å². The average Bonchev–Trinajstić information content (AvgIpc) is 3.10. The van der Waals surface area contributed by atoms with Gasteiger partial charge in [0.15, 0.2) is 0 Å². The molecule has 0 bridgehead atoms. The van der Waals surface area contributed by atoms with Gasteiger partial charge in [-0.2, -0.15) is 0 Å². The number of nitrogens with one attached hydrogen (secondary N) is 1. The molecule has 1 aliphatic rings. The minimum Gasteiger partial charge on any atom is -0.351 e. The Bertz CT molecular complexity index is 457. The van der Waals surface area contributed by atoms with Crippen LogP contribution in [0.2, 0.25) is 0 Å². The molecule has 0 aromatic heterocycles. The third-order valence-corrected chi connectivity index (χ3v) is 3.83. The van der Waals surface area contributed by atoms with Gasteiger partial charge in [-0.15, -0.1) is 12.6 Å². The summed E-state index contributed by atoms with van der Waals surface area (Å²) in [5.74, 6) is -0.837. The van der Waals surface area contributed by atoms with Crippen molar-refractivity contribution >= 4 is 18.5 Å². The molecule has 0 aliphatic heterocycles. The molecule has 1 fully saturated rings. The molecule has 98 valence electrons. The predicted octanol–water partition coefficient (Wildman–Crippen LogP) is 3.42. The highest BCUT2D eigenvalue weighted by Crippen LogP contribution is 2.48. The van der Waals surface area contributed by atoms with Crippen LogP contribution in [0.1, 0.15) is 43.0 Å². The number of hydrogen-bond donors (Lipinski definition) is 2. The van der Waals surface area contributed by atoms with Gasteiger partial charge in [-0.1, -0.05) is 13.3 Å². The molecule has 4 heteroatoms. The van der Waals surface area contributed by atoms with E-state index in [0.29, 0.717) is 11.4 Å². The highest BCUT2D eigenvalue weighted by Gasteiger charge is 2.41. The molecule has 1 amide bonds. The molecule has 2 nitrogen and oxygen atoms in total. The largest absolute Gasteiger partial charge is 0.351 e. The molecular weight excluding hydrogens is 249 g/mol. The lowest BCUT2D eigenvalue weighted by molar-refractivity contribution is 0.0939. The van der Waals surface area contributed by atoms with Crippen LogP contribution in [-0.2, 0) is 0 Å². The Morgan fingerprint density at radius 1 is 1.50 bits per heavy atom. The number of amides is 1. The SMILES string of the molecule is CCCC1(CNC(=O)c2cc(S)ccc2F)CC1. The smallest absolute Gasteiger partial charge is 0.254 e. The van der Waals surface area contributed by atoms with Crippen LogP contribution in [0.5, 0.6) is 0 Å². The first-order valence-corrected chi connectivity index (χ1v) is 6.78. The zero-order chi connectivity index (χ0) is 13.2. The van der Waals surface area contributed by atoms with E-state index >= 15 is 0 Å². The molecule has 1 aromatic carbocycles.